The molecular formula is C13H18N4O3S2. The van der Waals surface area contributed by atoms with Gasteiger partial charge in [0, 0.05) is 30.6 Å². The fourth-order valence-corrected chi connectivity index (χ4v) is 3.96. The number of hydrogen-bond acceptors (Lipinski definition) is 7. The van der Waals surface area contributed by atoms with E-state index in [4.69, 9.17) is 4.52 Å². The van der Waals surface area contributed by atoms with Gasteiger partial charge in [0.15, 0.2) is 0 Å². The molecule has 0 unspecified atom stereocenters. The monoisotopic (exact) mass is 342 g/mol. The maximum Gasteiger partial charge on any atom is 0.241 e. The fourth-order valence-electron chi connectivity index (χ4n) is 2.46. The quantitative estimate of drug-likeness (QED) is 0.832. The van der Waals surface area contributed by atoms with Crippen molar-refractivity contribution in [3.63, 3.8) is 0 Å². The summed E-state index contributed by atoms with van der Waals surface area (Å²) in [6.45, 7) is 3.11. The van der Waals surface area contributed by atoms with Gasteiger partial charge in [-0.2, -0.15) is 16.3 Å². The largest absolute Gasteiger partial charge is 0.338 e. The van der Waals surface area contributed by atoms with Gasteiger partial charge in [-0.05, 0) is 24.4 Å². The number of thiophene rings is 1. The van der Waals surface area contributed by atoms with Crippen LogP contribution in [0.25, 0.3) is 11.4 Å². The summed E-state index contributed by atoms with van der Waals surface area (Å²) in [4.78, 5) is 6.55. The van der Waals surface area contributed by atoms with Gasteiger partial charge in [0.25, 0.3) is 0 Å². The van der Waals surface area contributed by atoms with Gasteiger partial charge in [0.1, 0.15) is 0 Å². The van der Waals surface area contributed by atoms with Crippen molar-refractivity contribution in [2.45, 2.75) is 13.0 Å². The van der Waals surface area contributed by atoms with Crippen LogP contribution in [-0.4, -0.2) is 60.2 Å². The topological polar surface area (TPSA) is 79.5 Å². The smallest absolute Gasteiger partial charge is 0.241 e. The first-order chi connectivity index (χ1) is 10.5. The summed E-state index contributed by atoms with van der Waals surface area (Å²) < 4.78 is 30.0. The Hall–Kier alpha value is -1.29. The number of nitrogens with zero attached hydrogens (tertiary/aromatic N) is 4. The second-order valence-electron chi connectivity index (χ2n) is 5.32. The molecule has 3 rings (SSSR count). The molecule has 2 aromatic heterocycles. The Morgan fingerprint density at radius 1 is 1.32 bits per heavy atom. The number of sulfonamides is 1. The lowest BCUT2D eigenvalue weighted by molar-refractivity contribution is 0.236. The molecule has 1 saturated heterocycles. The fraction of sp³-hybridized carbons (Fsp3) is 0.538. The Labute approximate surface area is 133 Å². The number of aromatic nitrogens is 2. The minimum atomic E-state index is -3.11. The highest BCUT2D eigenvalue weighted by molar-refractivity contribution is 7.88. The van der Waals surface area contributed by atoms with E-state index in [1.807, 2.05) is 16.8 Å². The van der Waals surface area contributed by atoms with E-state index in [2.05, 4.69) is 15.0 Å². The van der Waals surface area contributed by atoms with Gasteiger partial charge in [-0.1, -0.05) is 5.16 Å². The lowest BCUT2D eigenvalue weighted by atomic mass is 10.3. The molecule has 0 N–H and O–H groups in total. The highest BCUT2D eigenvalue weighted by Gasteiger charge is 2.22. The van der Waals surface area contributed by atoms with E-state index in [0.29, 0.717) is 37.9 Å². The molecule has 22 heavy (non-hydrogen) atoms. The Balaban J connectivity index is 1.62. The first kappa shape index (κ1) is 15.6. The summed E-state index contributed by atoms with van der Waals surface area (Å²) in [6.07, 6.45) is 2.06. The van der Waals surface area contributed by atoms with E-state index in [-0.39, 0.29) is 0 Å². The van der Waals surface area contributed by atoms with Crippen LogP contribution in [0, 0.1) is 0 Å². The second-order valence-corrected chi connectivity index (χ2v) is 8.08. The molecular weight excluding hydrogens is 324 g/mol. The molecule has 120 valence electrons. The van der Waals surface area contributed by atoms with Gasteiger partial charge in [-0.3, -0.25) is 4.90 Å². The Morgan fingerprint density at radius 3 is 2.91 bits per heavy atom. The summed E-state index contributed by atoms with van der Waals surface area (Å²) >= 11 is 1.59. The third kappa shape index (κ3) is 3.72. The molecule has 0 radical (unpaired) electrons. The van der Waals surface area contributed by atoms with Crippen LogP contribution in [0.5, 0.6) is 0 Å². The molecule has 2 aromatic rings. The zero-order valence-electron chi connectivity index (χ0n) is 12.3. The van der Waals surface area contributed by atoms with Crippen LogP contribution in [-0.2, 0) is 16.6 Å². The molecule has 3 heterocycles. The third-order valence-electron chi connectivity index (χ3n) is 3.62. The summed E-state index contributed by atoms with van der Waals surface area (Å²) in [5, 5.41) is 7.94. The molecule has 0 amide bonds. The van der Waals surface area contributed by atoms with Crippen molar-refractivity contribution in [1.29, 1.82) is 0 Å². The van der Waals surface area contributed by atoms with Crippen molar-refractivity contribution in [2.24, 2.45) is 0 Å². The van der Waals surface area contributed by atoms with E-state index >= 15 is 0 Å². The van der Waals surface area contributed by atoms with Crippen LogP contribution in [0.2, 0.25) is 0 Å². The van der Waals surface area contributed by atoms with E-state index < -0.39 is 10.0 Å². The highest BCUT2D eigenvalue weighted by atomic mass is 32.2. The van der Waals surface area contributed by atoms with Crippen LogP contribution in [0.1, 0.15) is 12.3 Å². The molecule has 0 aliphatic carbocycles. The molecule has 9 heteroatoms. The maximum absolute atomic E-state index is 11.6. The minimum Gasteiger partial charge on any atom is -0.338 e. The van der Waals surface area contributed by atoms with Gasteiger partial charge in [0.2, 0.25) is 21.7 Å². The summed E-state index contributed by atoms with van der Waals surface area (Å²) in [5.74, 6) is 1.16. The number of rotatable bonds is 4. The van der Waals surface area contributed by atoms with Crippen LogP contribution in [0.3, 0.4) is 0 Å². The Morgan fingerprint density at radius 2 is 2.18 bits per heavy atom. The molecule has 0 bridgehead atoms. The third-order valence-corrected chi connectivity index (χ3v) is 5.61. The van der Waals surface area contributed by atoms with Gasteiger partial charge < -0.3 is 4.52 Å². The van der Waals surface area contributed by atoms with Crippen LogP contribution in [0.4, 0.5) is 0 Å². The van der Waals surface area contributed by atoms with Crippen LogP contribution >= 0.6 is 11.3 Å². The normalized spacial score (nSPS) is 18.4. The Bertz CT molecular complexity index is 711. The molecule has 0 aromatic carbocycles. The lowest BCUT2D eigenvalue weighted by Gasteiger charge is -2.18. The van der Waals surface area contributed by atoms with Crippen LogP contribution in [0.15, 0.2) is 21.3 Å². The molecule has 0 spiro atoms. The zero-order valence-corrected chi connectivity index (χ0v) is 13.9. The first-order valence-corrected chi connectivity index (χ1v) is 9.84. The van der Waals surface area contributed by atoms with Crippen molar-refractivity contribution >= 4 is 21.4 Å². The van der Waals surface area contributed by atoms with E-state index in [0.717, 1.165) is 18.5 Å². The SMILES string of the molecule is CS(=O)(=O)N1CCCN(Cc2nc(-c3ccsc3)no2)CC1. The number of hydrogen-bond donors (Lipinski definition) is 0. The van der Waals surface area contributed by atoms with Gasteiger partial charge in [-0.25, -0.2) is 12.7 Å². The second kappa shape index (κ2) is 6.45. The molecule has 1 aliphatic heterocycles. The van der Waals surface area contributed by atoms with Crippen molar-refractivity contribution in [3.8, 4) is 11.4 Å². The molecule has 1 fully saturated rings. The van der Waals surface area contributed by atoms with Gasteiger partial charge in [-0.15, -0.1) is 0 Å². The molecule has 0 saturated carbocycles. The predicted molar refractivity (Wildman–Crippen MR) is 83.9 cm³/mol. The van der Waals surface area contributed by atoms with Gasteiger partial charge >= 0.3 is 0 Å². The van der Waals surface area contributed by atoms with E-state index in [1.165, 1.54) is 10.6 Å². The maximum atomic E-state index is 11.6. The van der Waals surface area contributed by atoms with E-state index in [9.17, 15) is 8.42 Å². The summed E-state index contributed by atoms with van der Waals surface area (Å²) in [7, 11) is -3.11. The highest BCUT2D eigenvalue weighted by Crippen LogP contribution is 2.19. The Kier molecular flexibility index (Phi) is 4.57. The summed E-state index contributed by atoms with van der Waals surface area (Å²) in [5.41, 5.74) is 0.958. The van der Waals surface area contributed by atoms with Crippen molar-refractivity contribution < 1.29 is 12.9 Å². The van der Waals surface area contributed by atoms with E-state index in [1.54, 1.807) is 11.3 Å². The predicted octanol–water partition coefficient (Wildman–Crippen LogP) is 1.27. The van der Waals surface area contributed by atoms with Crippen LogP contribution < -0.4 is 0 Å². The molecule has 0 atom stereocenters. The lowest BCUT2D eigenvalue weighted by Crippen LogP contribution is -2.34. The van der Waals surface area contributed by atoms with Crippen molar-refractivity contribution in [2.75, 3.05) is 32.4 Å². The van der Waals surface area contributed by atoms with Crippen molar-refractivity contribution in [3.05, 3.63) is 22.7 Å². The first-order valence-electron chi connectivity index (χ1n) is 7.05. The average Bonchev–Trinajstić information content (AvgIpc) is 3.06. The standard InChI is InChI=1S/C13H18N4O3S2/c1-22(18,19)17-5-2-4-16(6-7-17)9-12-14-13(15-20-12)11-3-8-21-10-11/h3,8,10H,2,4-7,9H2,1H3. The minimum absolute atomic E-state index is 0.504. The summed E-state index contributed by atoms with van der Waals surface area (Å²) in [6, 6.07) is 1.95. The van der Waals surface area contributed by atoms with Gasteiger partial charge in [0.05, 0.1) is 12.8 Å². The molecule has 7 nitrogen and oxygen atoms in total. The van der Waals surface area contributed by atoms with Crippen molar-refractivity contribution in [1.82, 2.24) is 19.3 Å². The zero-order chi connectivity index (χ0) is 15.6. The molecule has 1 aliphatic rings. The average molecular weight is 342 g/mol.